The first-order valence-electron chi connectivity index (χ1n) is 13.6. The van der Waals surface area contributed by atoms with E-state index in [0.717, 1.165) is 16.5 Å². The molecule has 0 fully saturated rings. The maximum Gasteiger partial charge on any atom is 0.419 e. The van der Waals surface area contributed by atoms with E-state index in [2.05, 4.69) is 15.3 Å². The summed E-state index contributed by atoms with van der Waals surface area (Å²) in [6.45, 7) is 9.57. The van der Waals surface area contributed by atoms with Crippen LogP contribution in [0.4, 0.5) is 4.79 Å². The van der Waals surface area contributed by atoms with E-state index in [1.165, 1.54) is 4.57 Å². The Bertz CT molecular complexity index is 1680. The summed E-state index contributed by atoms with van der Waals surface area (Å²) in [5.41, 5.74) is 9.25. The Morgan fingerprint density at radius 2 is 1.67 bits per heavy atom. The van der Waals surface area contributed by atoms with E-state index in [9.17, 15) is 9.59 Å². The van der Waals surface area contributed by atoms with Crippen LogP contribution in [-0.4, -0.2) is 39.3 Å². The van der Waals surface area contributed by atoms with Crippen molar-refractivity contribution in [1.29, 1.82) is 10.9 Å². The van der Waals surface area contributed by atoms with Crippen LogP contribution in [0.3, 0.4) is 0 Å². The first-order valence-corrected chi connectivity index (χ1v) is 13.6. The minimum absolute atomic E-state index is 0.141. The van der Waals surface area contributed by atoms with Gasteiger partial charge in [-0.1, -0.05) is 66.8 Å². The summed E-state index contributed by atoms with van der Waals surface area (Å²) in [7, 11) is 0. The summed E-state index contributed by atoms with van der Waals surface area (Å²) in [4.78, 5) is 29.0. The van der Waals surface area contributed by atoms with Gasteiger partial charge in [0, 0.05) is 23.7 Å². The number of benzene rings is 2. The molecular weight excluding hydrogens is 530 g/mol. The molecule has 10 heteroatoms. The standard InChI is InChI=1S/C32H34N7O3/c1-31(2,3)42-30(41)38-21-22(24-15-10-12-18-27(24)38)19-20-39(32(4,5)23-13-7-6-8-14-23)29(40)28(35-33)25-16-9-11-17-26(25)36-37-34/h6-18,21,33H,19-20H2,1-5H3/q+1. The van der Waals surface area contributed by atoms with Gasteiger partial charge < -0.3 is 9.64 Å². The Hall–Kier alpha value is -5.17. The molecule has 1 heterocycles. The van der Waals surface area contributed by atoms with Crippen molar-refractivity contribution >= 4 is 28.6 Å². The third-order valence-electron chi connectivity index (χ3n) is 7.02. The largest absolute Gasteiger partial charge is 0.443 e. The second-order valence-corrected chi connectivity index (χ2v) is 11.3. The topological polar surface area (TPSA) is 128 Å². The number of nitrogens with one attached hydrogen (secondary N) is 1. The van der Waals surface area contributed by atoms with E-state index < -0.39 is 23.1 Å². The lowest BCUT2D eigenvalue weighted by Gasteiger charge is -2.39. The number of hydrogen-bond donors (Lipinski definition) is 1. The zero-order chi connectivity index (χ0) is 30.5. The van der Waals surface area contributed by atoms with Crippen molar-refractivity contribution in [2.45, 2.75) is 52.2 Å². The average molecular weight is 565 g/mol. The molecule has 0 saturated carbocycles. The maximum absolute atomic E-state index is 14.3. The number of carbonyl (C=O) groups excluding carboxylic acids is 2. The van der Waals surface area contributed by atoms with Crippen LogP contribution in [0.1, 0.15) is 45.7 Å². The van der Waals surface area contributed by atoms with Crippen LogP contribution in [0.5, 0.6) is 0 Å². The summed E-state index contributed by atoms with van der Waals surface area (Å²) in [6.07, 6.45) is 8.24. The van der Waals surface area contributed by atoms with Gasteiger partial charge in [0.05, 0.1) is 11.1 Å². The molecule has 1 aromatic heterocycles. The molecule has 0 radical (unpaired) electrons. The third kappa shape index (κ3) is 6.25. The van der Waals surface area contributed by atoms with E-state index in [-0.39, 0.29) is 23.5 Å². The van der Waals surface area contributed by atoms with Crippen LogP contribution in [0.25, 0.3) is 16.0 Å². The minimum Gasteiger partial charge on any atom is -0.443 e. The quantitative estimate of drug-likeness (QED) is 0.139. The molecule has 2 aromatic carbocycles. The van der Waals surface area contributed by atoms with Gasteiger partial charge in [0.2, 0.25) is 0 Å². The van der Waals surface area contributed by atoms with Gasteiger partial charge in [-0.3, -0.25) is 9.36 Å². The Labute approximate surface area is 244 Å². The van der Waals surface area contributed by atoms with Crippen molar-refractivity contribution < 1.29 is 14.3 Å². The Kier molecular flexibility index (Phi) is 8.62. The molecular formula is C32H34N7O3+. The van der Waals surface area contributed by atoms with Crippen LogP contribution in [0.2, 0.25) is 0 Å². The molecule has 0 aliphatic heterocycles. The fourth-order valence-electron chi connectivity index (χ4n) is 4.94. The number of hydrogen-bond acceptors (Lipinski definition) is 7. The fourth-order valence-corrected chi connectivity index (χ4v) is 4.94. The second-order valence-electron chi connectivity index (χ2n) is 11.3. The van der Waals surface area contributed by atoms with Gasteiger partial charge in [0.25, 0.3) is 11.3 Å². The molecule has 3 aromatic rings. The van der Waals surface area contributed by atoms with Crippen molar-refractivity contribution in [3.05, 3.63) is 113 Å². The summed E-state index contributed by atoms with van der Waals surface area (Å²) < 4.78 is 7.13. The normalized spacial score (nSPS) is 15.4. The summed E-state index contributed by atoms with van der Waals surface area (Å²) in [5, 5.41) is 20.1. The van der Waals surface area contributed by atoms with Crippen LogP contribution in [-0.2, 0) is 21.5 Å². The van der Waals surface area contributed by atoms with Crippen molar-refractivity contribution in [2.75, 3.05) is 6.54 Å². The highest BCUT2D eigenvalue weighted by Crippen LogP contribution is 2.32. The van der Waals surface area contributed by atoms with Crippen LogP contribution >= 0.6 is 0 Å². The third-order valence-corrected chi connectivity index (χ3v) is 7.02. The molecule has 0 unspecified atom stereocenters. The van der Waals surface area contributed by atoms with Gasteiger partial charge in [-0.15, -0.1) is 0 Å². The van der Waals surface area contributed by atoms with Crippen molar-refractivity contribution in [1.82, 2.24) is 9.47 Å². The fraction of sp³-hybridized carbons (Fsp3) is 0.281. The maximum atomic E-state index is 14.3. The highest BCUT2D eigenvalue weighted by Gasteiger charge is 2.36. The molecule has 0 atom stereocenters. The molecule has 0 spiro atoms. The first-order chi connectivity index (χ1) is 20.0. The van der Waals surface area contributed by atoms with E-state index in [0.29, 0.717) is 11.9 Å². The molecule has 42 heavy (non-hydrogen) atoms. The Morgan fingerprint density at radius 1 is 1.00 bits per heavy atom. The van der Waals surface area contributed by atoms with Gasteiger partial charge in [-0.05, 0) is 64.3 Å². The van der Waals surface area contributed by atoms with E-state index in [1.807, 2.05) is 89.2 Å². The molecule has 0 saturated heterocycles. The Morgan fingerprint density at radius 3 is 2.33 bits per heavy atom. The van der Waals surface area contributed by atoms with E-state index >= 15 is 0 Å². The average Bonchev–Trinajstić information content (AvgIpc) is 3.33. The van der Waals surface area contributed by atoms with Crippen LogP contribution in [0.15, 0.2) is 107 Å². The predicted octanol–water partition coefficient (Wildman–Crippen LogP) is 7.35. The van der Waals surface area contributed by atoms with Gasteiger partial charge in [0.1, 0.15) is 5.60 Å². The molecule has 214 valence electrons. The number of carbonyl (C=O) groups is 2. The number of allylic oxidation sites excluding steroid dienone is 5. The molecule has 10 nitrogen and oxygen atoms in total. The molecule has 1 aliphatic carbocycles. The number of ether oxygens (including phenoxy) is 1. The van der Waals surface area contributed by atoms with E-state index in [4.69, 9.17) is 15.7 Å². The lowest BCUT2D eigenvalue weighted by Crippen LogP contribution is -2.47. The summed E-state index contributed by atoms with van der Waals surface area (Å²) >= 11 is 0. The van der Waals surface area contributed by atoms with Gasteiger partial charge in [-0.2, -0.15) is 5.11 Å². The minimum atomic E-state index is -0.814. The number of rotatable bonds is 7. The van der Waals surface area contributed by atoms with Gasteiger partial charge in [0.15, 0.2) is 16.5 Å². The highest BCUT2D eigenvalue weighted by atomic mass is 16.6. The first kappa shape index (κ1) is 29.8. The molecule has 1 N–H and O–H groups in total. The second kappa shape index (κ2) is 12.1. The van der Waals surface area contributed by atoms with Crippen LogP contribution in [0, 0.1) is 10.9 Å². The number of fused-ring (bicyclic) bond motifs is 1. The Balaban J connectivity index is 1.78. The number of nitrogens with zero attached hydrogens (tertiary/aromatic N) is 6. The molecule has 4 rings (SSSR count). The lowest BCUT2D eigenvalue weighted by atomic mass is 9.90. The van der Waals surface area contributed by atoms with E-state index in [1.54, 1.807) is 35.4 Å². The van der Waals surface area contributed by atoms with Crippen molar-refractivity contribution in [2.24, 2.45) is 10.2 Å². The molecule has 1 amide bonds. The SMILES string of the molecule is CC(C)(C)OC(=O)n1cc(CCN(C(=O)C(N=N)=C2C=CC=CC2=N[N+]#N)C(C)(C)c2ccccc2)c2ccccc21. The number of para-hydroxylation sites is 1. The summed E-state index contributed by atoms with van der Waals surface area (Å²) in [6, 6.07) is 17.2. The van der Waals surface area contributed by atoms with Gasteiger partial charge >= 0.3 is 11.2 Å². The van der Waals surface area contributed by atoms with Crippen LogP contribution < -0.4 is 0 Å². The predicted molar refractivity (Wildman–Crippen MR) is 161 cm³/mol. The smallest absolute Gasteiger partial charge is 0.419 e. The van der Waals surface area contributed by atoms with Crippen molar-refractivity contribution in [3.63, 3.8) is 0 Å². The van der Waals surface area contributed by atoms with Crippen molar-refractivity contribution in [3.8, 4) is 0 Å². The number of amides is 1. The highest BCUT2D eigenvalue weighted by molar-refractivity contribution is 6.16. The van der Waals surface area contributed by atoms with Gasteiger partial charge in [-0.25, -0.2) is 10.3 Å². The zero-order valence-electron chi connectivity index (χ0n) is 24.4. The monoisotopic (exact) mass is 564 g/mol. The molecule has 1 aliphatic rings. The molecule has 0 bridgehead atoms. The zero-order valence-corrected chi connectivity index (χ0v) is 24.4. The number of aromatic nitrogens is 1. The summed E-state index contributed by atoms with van der Waals surface area (Å²) in [5.74, 6) is -0.490. The number of diazo groups is 1. The lowest BCUT2D eigenvalue weighted by molar-refractivity contribution is -0.132.